The molecule has 2 heterocycles. The van der Waals surface area contributed by atoms with Crippen molar-refractivity contribution in [2.75, 3.05) is 17.2 Å². The number of aromatic nitrogens is 5. The van der Waals surface area contributed by atoms with Crippen molar-refractivity contribution in [3.63, 3.8) is 0 Å². The summed E-state index contributed by atoms with van der Waals surface area (Å²) >= 11 is 0. The fourth-order valence-electron chi connectivity index (χ4n) is 2.31. The lowest BCUT2D eigenvalue weighted by Gasteiger charge is -2.15. The van der Waals surface area contributed by atoms with Crippen molar-refractivity contribution in [2.24, 2.45) is 7.05 Å². The van der Waals surface area contributed by atoms with Crippen molar-refractivity contribution in [1.29, 1.82) is 0 Å². The molecule has 1 unspecified atom stereocenters. The van der Waals surface area contributed by atoms with E-state index in [2.05, 4.69) is 44.6 Å². The largest absolute Gasteiger partial charge is 0.370 e. The van der Waals surface area contributed by atoms with Gasteiger partial charge in [0.1, 0.15) is 23.8 Å². The highest BCUT2D eigenvalue weighted by Crippen LogP contribution is 2.39. The Labute approximate surface area is 124 Å². The van der Waals surface area contributed by atoms with Crippen LogP contribution in [0, 0.1) is 0 Å². The number of nitrogens with zero attached hydrogens (tertiary/aromatic N) is 5. The summed E-state index contributed by atoms with van der Waals surface area (Å²) in [6.45, 7) is 4.96. The molecule has 1 aliphatic rings. The van der Waals surface area contributed by atoms with Gasteiger partial charge in [-0.1, -0.05) is 0 Å². The summed E-state index contributed by atoms with van der Waals surface area (Å²) in [6, 6.07) is 1.98. The molecule has 1 atom stereocenters. The molecule has 0 aromatic carbocycles. The zero-order chi connectivity index (χ0) is 14.8. The maximum Gasteiger partial charge on any atom is 0.154 e. The van der Waals surface area contributed by atoms with Gasteiger partial charge in [0.15, 0.2) is 5.82 Å². The Morgan fingerprint density at radius 1 is 1.33 bits per heavy atom. The van der Waals surface area contributed by atoms with E-state index in [4.69, 9.17) is 0 Å². The predicted octanol–water partition coefficient (Wildman–Crippen LogP) is 2.09. The maximum atomic E-state index is 4.64. The van der Waals surface area contributed by atoms with Crippen molar-refractivity contribution in [3.05, 3.63) is 24.0 Å². The van der Waals surface area contributed by atoms with Crippen LogP contribution in [0.3, 0.4) is 0 Å². The zero-order valence-electron chi connectivity index (χ0n) is 12.7. The van der Waals surface area contributed by atoms with Crippen LogP contribution in [0.5, 0.6) is 0 Å². The van der Waals surface area contributed by atoms with Crippen LogP contribution in [-0.2, 0) is 7.05 Å². The molecule has 3 rings (SSSR count). The molecule has 7 heteroatoms. The van der Waals surface area contributed by atoms with Gasteiger partial charge in [0.2, 0.25) is 0 Å². The van der Waals surface area contributed by atoms with E-state index in [9.17, 15) is 0 Å². The van der Waals surface area contributed by atoms with Gasteiger partial charge in [0.25, 0.3) is 0 Å². The van der Waals surface area contributed by atoms with Crippen LogP contribution in [0.4, 0.5) is 11.6 Å². The number of nitrogens with one attached hydrogen (secondary N) is 2. The maximum absolute atomic E-state index is 4.64. The Balaban J connectivity index is 1.82. The summed E-state index contributed by atoms with van der Waals surface area (Å²) in [5.41, 5.74) is 0. The quantitative estimate of drug-likeness (QED) is 0.846. The minimum atomic E-state index is 0.0360. The second-order valence-electron chi connectivity index (χ2n) is 5.47. The molecular formula is C14H21N7. The molecule has 1 saturated carbocycles. The van der Waals surface area contributed by atoms with Crippen LogP contribution in [0.15, 0.2) is 12.4 Å². The Kier molecular flexibility index (Phi) is 3.72. The van der Waals surface area contributed by atoms with Gasteiger partial charge in [-0.3, -0.25) is 0 Å². The summed E-state index contributed by atoms with van der Waals surface area (Å²) in [6.07, 6.45) is 4.08. The zero-order valence-corrected chi connectivity index (χ0v) is 12.7. The van der Waals surface area contributed by atoms with Gasteiger partial charge in [-0.25, -0.2) is 9.97 Å². The number of hydrogen-bond acceptors (Lipinski definition) is 6. The second-order valence-corrected chi connectivity index (χ2v) is 5.47. The van der Waals surface area contributed by atoms with E-state index >= 15 is 0 Å². The lowest BCUT2D eigenvalue weighted by Crippen LogP contribution is -2.14. The Morgan fingerprint density at radius 3 is 2.71 bits per heavy atom. The highest BCUT2D eigenvalue weighted by atomic mass is 15.3. The van der Waals surface area contributed by atoms with Gasteiger partial charge in [-0.15, -0.1) is 10.2 Å². The lowest BCUT2D eigenvalue weighted by atomic mass is 10.3. The molecule has 0 bridgehead atoms. The first-order chi connectivity index (χ1) is 10.2. The van der Waals surface area contributed by atoms with Gasteiger partial charge in [0, 0.05) is 25.6 Å². The smallest absolute Gasteiger partial charge is 0.154 e. The van der Waals surface area contributed by atoms with Gasteiger partial charge in [-0.2, -0.15) is 0 Å². The number of aryl methyl sites for hydroxylation is 1. The third-order valence-corrected chi connectivity index (χ3v) is 3.54. The predicted molar refractivity (Wildman–Crippen MR) is 81.2 cm³/mol. The minimum absolute atomic E-state index is 0.0360. The summed E-state index contributed by atoms with van der Waals surface area (Å²) in [5, 5.41) is 14.7. The Bertz CT molecular complexity index is 618. The summed E-state index contributed by atoms with van der Waals surface area (Å²) in [5.74, 6) is 4.04. The SMILES string of the molecule is CCNc1cc(NC(C)c2nncn2C)nc(C2CC2)n1. The van der Waals surface area contributed by atoms with E-state index in [1.165, 1.54) is 12.8 Å². The van der Waals surface area contributed by atoms with E-state index in [0.717, 1.165) is 29.8 Å². The third kappa shape index (κ3) is 3.12. The van der Waals surface area contributed by atoms with Gasteiger partial charge in [-0.05, 0) is 26.7 Å². The number of anilines is 2. The van der Waals surface area contributed by atoms with Crippen LogP contribution >= 0.6 is 0 Å². The van der Waals surface area contributed by atoms with Crippen molar-refractivity contribution < 1.29 is 0 Å². The van der Waals surface area contributed by atoms with Crippen LogP contribution in [0.2, 0.25) is 0 Å². The number of rotatable bonds is 6. The van der Waals surface area contributed by atoms with E-state index in [1.54, 1.807) is 6.33 Å². The molecule has 1 aliphatic carbocycles. The average molecular weight is 287 g/mol. The fraction of sp³-hybridized carbons (Fsp3) is 0.571. The Hall–Kier alpha value is -2.18. The molecule has 0 aliphatic heterocycles. The molecule has 2 N–H and O–H groups in total. The van der Waals surface area contributed by atoms with Crippen LogP contribution in [0.25, 0.3) is 0 Å². The molecule has 2 aromatic rings. The standard InChI is InChI=1S/C14H21N7/c1-4-15-11-7-12(19-13(18-11)10-5-6-10)17-9(2)14-20-16-8-21(14)3/h7-10H,4-6H2,1-3H3,(H2,15,17,18,19). The topological polar surface area (TPSA) is 80.5 Å². The molecule has 2 aromatic heterocycles. The monoisotopic (exact) mass is 287 g/mol. The van der Waals surface area contributed by atoms with Gasteiger partial charge in [0.05, 0.1) is 6.04 Å². The molecular weight excluding hydrogens is 266 g/mol. The van der Waals surface area contributed by atoms with E-state index in [-0.39, 0.29) is 6.04 Å². The summed E-state index contributed by atoms with van der Waals surface area (Å²) in [7, 11) is 1.94. The van der Waals surface area contributed by atoms with Crippen molar-refractivity contribution in [1.82, 2.24) is 24.7 Å². The van der Waals surface area contributed by atoms with E-state index in [0.29, 0.717) is 5.92 Å². The fourth-order valence-corrected chi connectivity index (χ4v) is 2.31. The molecule has 21 heavy (non-hydrogen) atoms. The Morgan fingerprint density at radius 2 is 2.10 bits per heavy atom. The van der Waals surface area contributed by atoms with E-state index in [1.807, 2.05) is 17.7 Å². The molecule has 0 radical (unpaired) electrons. The van der Waals surface area contributed by atoms with E-state index < -0.39 is 0 Å². The highest BCUT2D eigenvalue weighted by molar-refractivity contribution is 5.49. The number of hydrogen-bond donors (Lipinski definition) is 2. The molecule has 0 amide bonds. The first kappa shape index (κ1) is 13.8. The summed E-state index contributed by atoms with van der Waals surface area (Å²) < 4.78 is 1.91. The van der Waals surface area contributed by atoms with Crippen LogP contribution in [0.1, 0.15) is 50.3 Å². The first-order valence-electron chi connectivity index (χ1n) is 7.40. The molecule has 1 fully saturated rings. The van der Waals surface area contributed by atoms with Gasteiger partial charge >= 0.3 is 0 Å². The molecule has 0 saturated heterocycles. The highest BCUT2D eigenvalue weighted by Gasteiger charge is 2.27. The van der Waals surface area contributed by atoms with Crippen molar-refractivity contribution in [2.45, 2.75) is 38.6 Å². The molecule has 112 valence electrons. The molecule has 7 nitrogen and oxygen atoms in total. The van der Waals surface area contributed by atoms with Crippen LogP contribution < -0.4 is 10.6 Å². The first-order valence-corrected chi connectivity index (χ1v) is 7.40. The second kappa shape index (κ2) is 5.67. The van der Waals surface area contributed by atoms with Gasteiger partial charge < -0.3 is 15.2 Å². The van der Waals surface area contributed by atoms with Crippen LogP contribution in [-0.4, -0.2) is 31.3 Å². The minimum Gasteiger partial charge on any atom is -0.370 e. The third-order valence-electron chi connectivity index (χ3n) is 3.54. The van der Waals surface area contributed by atoms with Crippen molar-refractivity contribution in [3.8, 4) is 0 Å². The lowest BCUT2D eigenvalue weighted by molar-refractivity contribution is 0.714. The average Bonchev–Trinajstić information content (AvgIpc) is 3.21. The van der Waals surface area contributed by atoms with Crippen molar-refractivity contribution >= 4 is 11.6 Å². The normalized spacial score (nSPS) is 15.8. The summed E-state index contributed by atoms with van der Waals surface area (Å²) in [4.78, 5) is 9.21. The molecule has 0 spiro atoms.